The number of nitrogens with zero attached hydrogens (tertiary/aromatic N) is 2. The molecule has 1 aliphatic carbocycles. The molecule has 0 amide bonds. The Bertz CT molecular complexity index is 476. The molecule has 1 saturated heterocycles. The fourth-order valence-corrected chi connectivity index (χ4v) is 3.51. The van der Waals surface area contributed by atoms with Crippen molar-refractivity contribution in [2.75, 3.05) is 23.7 Å². The van der Waals surface area contributed by atoms with Crippen LogP contribution in [0, 0.1) is 12.8 Å². The summed E-state index contributed by atoms with van der Waals surface area (Å²) in [6.07, 6.45) is 5.39. The molecule has 1 aromatic rings. The largest absolute Gasteiger partial charge is 0.397 e. The number of anilines is 2. The van der Waals surface area contributed by atoms with E-state index >= 15 is 0 Å². The summed E-state index contributed by atoms with van der Waals surface area (Å²) in [5.41, 5.74) is 7.04. The molecule has 4 nitrogen and oxygen atoms in total. The van der Waals surface area contributed by atoms with Gasteiger partial charge in [-0.25, -0.2) is 4.98 Å². The van der Waals surface area contributed by atoms with Gasteiger partial charge in [-0.05, 0) is 38.3 Å². The molecule has 0 spiro atoms. The first kappa shape index (κ1) is 12.7. The number of nitrogens with two attached hydrogens (primary N) is 1. The normalized spacial score (nSPS) is 31.1. The van der Waals surface area contributed by atoms with Gasteiger partial charge in [0.2, 0.25) is 0 Å². The number of fused-ring (bicyclic) bond motifs is 1. The molecule has 1 aromatic heterocycles. The molecular formula is C15H23N3O. The quantitative estimate of drug-likeness (QED) is 0.812. The van der Waals surface area contributed by atoms with Crippen LogP contribution < -0.4 is 10.6 Å². The van der Waals surface area contributed by atoms with E-state index in [0.717, 1.165) is 49.6 Å². The molecule has 2 heterocycles. The predicted octanol–water partition coefficient (Wildman–Crippen LogP) is 2.10. The highest BCUT2D eigenvalue weighted by Gasteiger charge is 2.42. The summed E-state index contributed by atoms with van der Waals surface area (Å²) < 4.78 is 0. The zero-order valence-electron chi connectivity index (χ0n) is 11.6. The van der Waals surface area contributed by atoms with Gasteiger partial charge in [-0.15, -0.1) is 0 Å². The lowest BCUT2D eigenvalue weighted by Gasteiger charge is -2.47. The number of aromatic nitrogens is 1. The predicted molar refractivity (Wildman–Crippen MR) is 77.1 cm³/mol. The Morgan fingerprint density at radius 3 is 3.00 bits per heavy atom. The maximum absolute atomic E-state index is 10.7. The van der Waals surface area contributed by atoms with Gasteiger partial charge in [-0.2, -0.15) is 0 Å². The molecule has 1 saturated carbocycles. The van der Waals surface area contributed by atoms with Crippen molar-refractivity contribution >= 4 is 11.5 Å². The van der Waals surface area contributed by atoms with Gasteiger partial charge >= 0.3 is 0 Å². The minimum absolute atomic E-state index is 0.398. The highest BCUT2D eigenvalue weighted by molar-refractivity contribution is 5.50. The van der Waals surface area contributed by atoms with Crippen LogP contribution in [-0.4, -0.2) is 28.8 Å². The lowest BCUT2D eigenvalue weighted by Crippen LogP contribution is -2.53. The summed E-state index contributed by atoms with van der Waals surface area (Å²) in [6, 6.07) is 3.93. The van der Waals surface area contributed by atoms with Crippen LogP contribution in [0.4, 0.5) is 11.5 Å². The van der Waals surface area contributed by atoms with E-state index in [-0.39, 0.29) is 0 Å². The van der Waals surface area contributed by atoms with Gasteiger partial charge in [0.1, 0.15) is 5.82 Å². The van der Waals surface area contributed by atoms with Crippen molar-refractivity contribution in [2.45, 2.75) is 44.6 Å². The number of hydrogen-bond donors (Lipinski definition) is 2. The molecule has 3 rings (SSSR count). The average Bonchev–Trinajstić information content (AvgIpc) is 2.41. The van der Waals surface area contributed by atoms with E-state index in [1.54, 1.807) is 0 Å². The number of aryl methyl sites for hydroxylation is 1. The summed E-state index contributed by atoms with van der Waals surface area (Å²) in [5.74, 6) is 1.40. The third-order valence-electron chi connectivity index (χ3n) is 4.86. The van der Waals surface area contributed by atoms with Crippen LogP contribution in [0.5, 0.6) is 0 Å². The van der Waals surface area contributed by atoms with Crippen LogP contribution in [0.25, 0.3) is 0 Å². The first-order valence-electron chi connectivity index (χ1n) is 7.29. The summed E-state index contributed by atoms with van der Waals surface area (Å²) >= 11 is 0. The van der Waals surface area contributed by atoms with Crippen molar-refractivity contribution in [3.63, 3.8) is 0 Å². The molecular weight excluding hydrogens is 238 g/mol. The summed E-state index contributed by atoms with van der Waals surface area (Å²) in [7, 11) is 0. The standard InChI is InChI=1S/C15H23N3O/c1-11-13(16)5-6-14(17-11)18-9-8-15(19)7-3-2-4-12(15)10-18/h5-6,12,19H,2-4,7-10,16H2,1H3. The molecule has 0 bridgehead atoms. The van der Waals surface area contributed by atoms with Crippen molar-refractivity contribution in [1.29, 1.82) is 0 Å². The van der Waals surface area contributed by atoms with Crippen molar-refractivity contribution in [3.8, 4) is 0 Å². The molecule has 1 aliphatic heterocycles. The van der Waals surface area contributed by atoms with Crippen molar-refractivity contribution in [2.24, 2.45) is 5.92 Å². The van der Waals surface area contributed by atoms with Crippen LogP contribution in [0.1, 0.15) is 37.8 Å². The second-order valence-corrected chi connectivity index (χ2v) is 6.09. The Hall–Kier alpha value is -1.29. The molecule has 2 atom stereocenters. The molecule has 104 valence electrons. The topological polar surface area (TPSA) is 62.4 Å². The van der Waals surface area contributed by atoms with Crippen LogP contribution in [0.15, 0.2) is 12.1 Å². The van der Waals surface area contributed by atoms with Gasteiger partial charge in [-0.3, -0.25) is 0 Å². The smallest absolute Gasteiger partial charge is 0.128 e. The van der Waals surface area contributed by atoms with Crippen LogP contribution in [0.2, 0.25) is 0 Å². The lowest BCUT2D eigenvalue weighted by atomic mass is 9.71. The molecule has 2 fully saturated rings. The Labute approximate surface area is 114 Å². The first-order valence-corrected chi connectivity index (χ1v) is 7.29. The fraction of sp³-hybridized carbons (Fsp3) is 0.667. The third kappa shape index (κ3) is 2.29. The van der Waals surface area contributed by atoms with Gasteiger partial charge < -0.3 is 15.7 Å². The molecule has 0 aromatic carbocycles. The van der Waals surface area contributed by atoms with Crippen LogP contribution in [0.3, 0.4) is 0 Å². The van der Waals surface area contributed by atoms with E-state index in [1.165, 1.54) is 12.8 Å². The SMILES string of the molecule is Cc1nc(N2CCC3(O)CCCCC3C2)ccc1N. The zero-order valence-corrected chi connectivity index (χ0v) is 11.6. The maximum Gasteiger partial charge on any atom is 0.128 e. The van der Waals surface area contributed by atoms with Gasteiger partial charge in [-0.1, -0.05) is 12.8 Å². The van der Waals surface area contributed by atoms with E-state index in [2.05, 4.69) is 9.88 Å². The Morgan fingerprint density at radius 2 is 2.21 bits per heavy atom. The lowest BCUT2D eigenvalue weighted by molar-refractivity contribution is -0.0613. The first-order chi connectivity index (χ1) is 9.08. The second kappa shape index (κ2) is 4.67. The van der Waals surface area contributed by atoms with E-state index in [1.807, 2.05) is 19.1 Å². The Kier molecular flexibility index (Phi) is 3.13. The zero-order chi connectivity index (χ0) is 13.5. The average molecular weight is 261 g/mol. The van der Waals surface area contributed by atoms with Crippen molar-refractivity contribution < 1.29 is 5.11 Å². The number of piperidine rings is 1. The Morgan fingerprint density at radius 1 is 1.37 bits per heavy atom. The molecule has 2 aliphatic rings. The highest BCUT2D eigenvalue weighted by Crippen LogP contribution is 2.40. The van der Waals surface area contributed by atoms with E-state index in [9.17, 15) is 5.11 Å². The number of hydrogen-bond acceptors (Lipinski definition) is 4. The van der Waals surface area contributed by atoms with E-state index in [0.29, 0.717) is 5.92 Å². The second-order valence-electron chi connectivity index (χ2n) is 6.09. The molecule has 3 N–H and O–H groups in total. The minimum Gasteiger partial charge on any atom is -0.397 e. The molecule has 19 heavy (non-hydrogen) atoms. The number of aliphatic hydroxyl groups is 1. The van der Waals surface area contributed by atoms with Crippen molar-refractivity contribution in [3.05, 3.63) is 17.8 Å². The molecule has 0 radical (unpaired) electrons. The minimum atomic E-state index is -0.419. The van der Waals surface area contributed by atoms with Gasteiger partial charge in [0.25, 0.3) is 0 Å². The molecule has 4 heteroatoms. The summed E-state index contributed by atoms with van der Waals surface area (Å²) in [5, 5.41) is 10.7. The fourth-order valence-electron chi connectivity index (χ4n) is 3.51. The third-order valence-corrected chi connectivity index (χ3v) is 4.86. The van der Waals surface area contributed by atoms with Gasteiger partial charge in [0.15, 0.2) is 0 Å². The maximum atomic E-state index is 10.7. The van der Waals surface area contributed by atoms with E-state index < -0.39 is 5.60 Å². The number of rotatable bonds is 1. The van der Waals surface area contributed by atoms with Gasteiger partial charge in [0, 0.05) is 19.0 Å². The van der Waals surface area contributed by atoms with E-state index in [4.69, 9.17) is 5.73 Å². The van der Waals surface area contributed by atoms with Crippen LogP contribution >= 0.6 is 0 Å². The highest BCUT2D eigenvalue weighted by atomic mass is 16.3. The monoisotopic (exact) mass is 261 g/mol. The van der Waals surface area contributed by atoms with Crippen LogP contribution in [-0.2, 0) is 0 Å². The van der Waals surface area contributed by atoms with Gasteiger partial charge in [0.05, 0.1) is 17.0 Å². The number of pyridine rings is 1. The Balaban J connectivity index is 1.78. The summed E-state index contributed by atoms with van der Waals surface area (Å²) in [6.45, 7) is 3.76. The number of nitrogen functional groups attached to an aromatic ring is 1. The van der Waals surface area contributed by atoms with Crippen molar-refractivity contribution in [1.82, 2.24) is 4.98 Å². The molecule has 2 unspecified atom stereocenters. The summed E-state index contributed by atoms with van der Waals surface area (Å²) in [4.78, 5) is 6.88.